The fourth-order valence-corrected chi connectivity index (χ4v) is 5.32. The summed E-state index contributed by atoms with van der Waals surface area (Å²) in [5.74, 6) is 0.969. The van der Waals surface area contributed by atoms with Gasteiger partial charge in [-0.15, -0.1) is 0 Å². The molecular formula is C27H29ClFN3O4. The third kappa shape index (κ3) is 5.55. The lowest BCUT2D eigenvalue weighted by Crippen LogP contribution is -2.43. The number of halogens is 2. The van der Waals surface area contributed by atoms with Crippen LogP contribution in [-0.4, -0.2) is 44.2 Å². The van der Waals surface area contributed by atoms with Crippen LogP contribution >= 0.6 is 11.6 Å². The molecule has 1 aromatic heterocycles. The Balaban J connectivity index is 1.15. The molecule has 1 amide bonds. The number of carbonyl (C=O) groups excluding carboxylic acids is 1. The second-order valence-electron chi connectivity index (χ2n) is 10.0. The highest BCUT2D eigenvalue weighted by molar-refractivity contribution is 6.31. The quantitative estimate of drug-likeness (QED) is 0.467. The average Bonchev–Trinajstić information content (AvgIpc) is 3.47. The molecule has 2 aromatic carbocycles. The number of likely N-dealkylation sites (tertiary alicyclic amines) is 1. The van der Waals surface area contributed by atoms with E-state index in [-0.39, 0.29) is 36.2 Å². The molecule has 1 unspecified atom stereocenters. The predicted molar refractivity (Wildman–Crippen MR) is 132 cm³/mol. The van der Waals surface area contributed by atoms with E-state index in [1.54, 1.807) is 18.2 Å². The molecule has 1 atom stereocenters. The molecule has 190 valence electrons. The van der Waals surface area contributed by atoms with Gasteiger partial charge in [-0.1, -0.05) is 22.8 Å². The molecule has 5 rings (SSSR count). The van der Waals surface area contributed by atoms with Crippen molar-refractivity contribution in [2.75, 3.05) is 6.54 Å². The summed E-state index contributed by atoms with van der Waals surface area (Å²) in [6.45, 7) is 2.70. The SMILES string of the molecule is CC1(O)CCC(N2CCC(Cc3ccc(OCc4nc(-c5ccc(F)cc5)no4)cc3Cl)C2=O)CC1. The maximum absolute atomic E-state index is 13.1. The number of amides is 1. The first-order valence-electron chi connectivity index (χ1n) is 12.3. The first-order chi connectivity index (χ1) is 17.3. The van der Waals surface area contributed by atoms with Crippen molar-refractivity contribution in [3.63, 3.8) is 0 Å². The number of aromatic nitrogens is 2. The van der Waals surface area contributed by atoms with E-state index in [1.165, 1.54) is 12.1 Å². The van der Waals surface area contributed by atoms with Crippen LogP contribution in [0.5, 0.6) is 5.75 Å². The third-order valence-electron chi connectivity index (χ3n) is 7.25. The monoisotopic (exact) mass is 513 g/mol. The molecule has 0 spiro atoms. The number of benzene rings is 2. The molecule has 1 saturated carbocycles. The Morgan fingerprint density at radius 1 is 1.19 bits per heavy atom. The van der Waals surface area contributed by atoms with Gasteiger partial charge in [0.05, 0.1) is 5.60 Å². The first-order valence-corrected chi connectivity index (χ1v) is 12.7. The van der Waals surface area contributed by atoms with Crippen LogP contribution in [0.25, 0.3) is 11.4 Å². The van der Waals surface area contributed by atoms with Crippen LogP contribution < -0.4 is 4.74 Å². The van der Waals surface area contributed by atoms with Gasteiger partial charge in [0, 0.05) is 29.1 Å². The number of carbonyl (C=O) groups is 1. The number of ether oxygens (including phenoxy) is 1. The highest BCUT2D eigenvalue weighted by atomic mass is 35.5. The second-order valence-corrected chi connectivity index (χ2v) is 10.4. The van der Waals surface area contributed by atoms with Crippen LogP contribution in [0.4, 0.5) is 4.39 Å². The molecule has 0 bridgehead atoms. The lowest BCUT2D eigenvalue weighted by atomic mass is 9.83. The molecule has 2 heterocycles. The number of hydrogen-bond acceptors (Lipinski definition) is 6. The smallest absolute Gasteiger partial charge is 0.264 e. The van der Waals surface area contributed by atoms with E-state index in [0.717, 1.165) is 44.2 Å². The summed E-state index contributed by atoms with van der Waals surface area (Å²) in [4.78, 5) is 19.4. The van der Waals surface area contributed by atoms with Crippen LogP contribution in [-0.2, 0) is 17.8 Å². The number of nitrogens with zero attached hydrogens (tertiary/aromatic N) is 3. The molecule has 3 aromatic rings. The predicted octanol–water partition coefficient (Wildman–Crippen LogP) is 5.19. The van der Waals surface area contributed by atoms with Gasteiger partial charge in [0.2, 0.25) is 11.7 Å². The van der Waals surface area contributed by atoms with Gasteiger partial charge in [0.25, 0.3) is 5.89 Å². The van der Waals surface area contributed by atoms with E-state index in [9.17, 15) is 14.3 Å². The van der Waals surface area contributed by atoms with Crippen molar-refractivity contribution in [3.8, 4) is 17.1 Å². The molecular weight excluding hydrogens is 485 g/mol. The lowest BCUT2D eigenvalue weighted by molar-refractivity contribution is -0.134. The first kappa shape index (κ1) is 24.7. The van der Waals surface area contributed by atoms with E-state index in [4.69, 9.17) is 20.9 Å². The summed E-state index contributed by atoms with van der Waals surface area (Å²) in [7, 11) is 0. The Morgan fingerprint density at radius 3 is 2.67 bits per heavy atom. The number of aliphatic hydroxyl groups is 1. The second kappa shape index (κ2) is 10.2. The standard InChI is InChI=1S/C27H29ClFN3O4/c1-27(34)11-8-21(9-12-27)32-13-10-19(26(32)33)14-18-4-7-22(15-23(18)28)35-16-24-30-25(31-36-24)17-2-5-20(29)6-3-17/h2-7,15,19,21,34H,8-14,16H2,1H3. The van der Waals surface area contributed by atoms with Crippen LogP contribution in [0.15, 0.2) is 47.0 Å². The Bertz CT molecular complexity index is 1220. The van der Waals surface area contributed by atoms with Gasteiger partial charge in [-0.25, -0.2) is 4.39 Å². The zero-order valence-corrected chi connectivity index (χ0v) is 20.9. The number of rotatable bonds is 7. The van der Waals surface area contributed by atoms with Crippen molar-refractivity contribution >= 4 is 17.5 Å². The summed E-state index contributed by atoms with van der Waals surface area (Å²) in [5, 5.41) is 14.7. The summed E-state index contributed by atoms with van der Waals surface area (Å²) in [6.07, 6.45) is 4.57. The molecule has 7 nitrogen and oxygen atoms in total. The Kier molecular flexibility index (Phi) is 6.99. The van der Waals surface area contributed by atoms with Crippen molar-refractivity contribution in [2.45, 2.75) is 63.7 Å². The summed E-state index contributed by atoms with van der Waals surface area (Å²) >= 11 is 6.54. The third-order valence-corrected chi connectivity index (χ3v) is 7.60. The highest BCUT2D eigenvalue weighted by Crippen LogP contribution is 2.35. The molecule has 2 fully saturated rings. The lowest BCUT2D eigenvalue weighted by Gasteiger charge is -2.37. The maximum atomic E-state index is 13.1. The van der Waals surface area contributed by atoms with Gasteiger partial charge >= 0.3 is 0 Å². The molecule has 1 aliphatic heterocycles. The van der Waals surface area contributed by atoms with Gasteiger partial charge in [0.15, 0.2) is 6.61 Å². The Hall–Kier alpha value is -2.97. The van der Waals surface area contributed by atoms with Crippen LogP contribution in [0.3, 0.4) is 0 Å². The van der Waals surface area contributed by atoms with E-state index < -0.39 is 5.60 Å². The van der Waals surface area contributed by atoms with Crippen LogP contribution in [0.2, 0.25) is 5.02 Å². The van der Waals surface area contributed by atoms with E-state index in [0.29, 0.717) is 28.6 Å². The number of hydrogen-bond donors (Lipinski definition) is 1. The normalized spacial score (nSPS) is 24.3. The Labute approximate surface area is 214 Å². The molecule has 9 heteroatoms. The maximum Gasteiger partial charge on any atom is 0.264 e. The topological polar surface area (TPSA) is 88.7 Å². The molecule has 0 radical (unpaired) electrons. The van der Waals surface area contributed by atoms with Gasteiger partial charge in [-0.2, -0.15) is 4.98 Å². The van der Waals surface area contributed by atoms with Crippen molar-refractivity contribution < 1.29 is 23.6 Å². The zero-order valence-electron chi connectivity index (χ0n) is 20.1. The molecule has 1 N–H and O–H groups in total. The van der Waals surface area contributed by atoms with Gasteiger partial charge < -0.3 is 19.3 Å². The highest BCUT2D eigenvalue weighted by Gasteiger charge is 2.39. The van der Waals surface area contributed by atoms with Gasteiger partial charge in [-0.3, -0.25) is 4.79 Å². The summed E-state index contributed by atoms with van der Waals surface area (Å²) < 4.78 is 24.1. The van der Waals surface area contributed by atoms with Crippen LogP contribution in [0, 0.1) is 11.7 Å². The van der Waals surface area contributed by atoms with E-state index in [1.807, 2.05) is 24.0 Å². The molecule has 2 aliphatic rings. The molecule has 1 saturated heterocycles. The fourth-order valence-electron chi connectivity index (χ4n) is 5.07. The van der Waals surface area contributed by atoms with Crippen LogP contribution in [0.1, 0.15) is 50.5 Å². The van der Waals surface area contributed by atoms with Crippen molar-refractivity contribution in [2.24, 2.45) is 5.92 Å². The largest absolute Gasteiger partial charge is 0.484 e. The minimum absolute atomic E-state index is 0.0637. The van der Waals surface area contributed by atoms with E-state index in [2.05, 4.69) is 10.1 Å². The van der Waals surface area contributed by atoms with Gasteiger partial charge in [0.1, 0.15) is 11.6 Å². The van der Waals surface area contributed by atoms with Crippen molar-refractivity contribution in [1.82, 2.24) is 15.0 Å². The molecule has 1 aliphatic carbocycles. The van der Waals surface area contributed by atoms with Crippen molar-refractivity contribution in [1.29, 1.82) is 0 Å². The van der Waals surface area contributed by atoms with Gasteiger partial charge in [-0.05, 0) is 87.4 Å². The minimum Gasteiger partial charge on any atom is -0.484 e. The fraction of sp³-hybridized carbons (Fsp3) is 0.444. The van der Waals surface area contributed by atoms with Crippen molar-refractivity contribution in [3.05, 3.63) is 64.8 Å². The summed E-state index contributed by atoms with van der Waals surface area (Å²) in [6, 6.07) is 11.5. The zero-order chi connectivity index (χ0) is 25.3. The average molecular weight is 514 g/mol. The van der Waals surface area contributed by atoms with E-state index >= 15 is 0 Å². The Morgan fingerprint density at radius 2 is 1.94 bits per heavy atom. The molecule has 36 heavy (non-hydrogen) atoms. The minimum atomic E-state index is -0.607. The summed E-state index contributed by atoms with van der Waals surface area (Å²) in [5.41, 5.74) is 0.950.